The number of aliphatic hydroxyl groups excluding tert-OH is 1. The van der Waals surface area contributed by atoms with Crippen molar-refractivity contribution >= 4 is 17.3 Å². The first-order valence-electron chi connectivity index (χ1n) is 7.52. The number of amides is 1. The summed E-state index contributed by atoms with van der Waals surface area (Å²) in [4.78, 5) is 22.7. The number of hydrogen-bond acceptors (Lipinski definition) is 5. The monoisotopic (exact) mass is 307 g/mol. The number of nitrogens with one attached hydrogen (secondary N) is 2. The Morgan fingerprint density at radius 1 is 1.50 bits per heavy atom. The van der Waals surface area contributed by atoms with Crippen molar-refractivity contribution in [3.05, 3.63) is 33.9 Å². The lowest BCUT2D eigenvalue weighted by Crippen LogP contribution is -2.32. The number of hydrogen-bond donors (Lipinski definition) is 3. The van der Waals surface area contributed by atoms with E-state index in [2.05, 4.69) is 10.6 Å². The smallest absolute Gasteiger partial charge is 0.293 e. The van der Waals surface area contributed by atoms with Gasteiger partial charge in [-0.15, -0.1) is 0 Å². The van der Waals surface area contributed by atoms with Gasteiger partial charge in [0, 0.05) is 24.2 Å². The molecule has 0 aromatic heterocycles. The lowest BCUT2D eigenvalue weighted by molar-refractivity contribution is -0.384. The predicted octanol–water partition coefficient (Wildman–Crippen LogP) is 2.06. The Labute approximate surface area is 128 Å². The highest BCUT2D eigenvalue weighted by atomic mass is 16.6. The molecule has 0 saturated heterocycles. The van der Waals surface area contributed by atoms with E-state index in [1.54, 1.807) is 12.1 Å². The van der Waals surface area contributed by atoms with Crippen molar-refractivity contribution in [1.29, 1.82) is 0 Å². The number of nitro benzene ring substituents is 1. The quantitative estimate of drug-likeness (QED) is 0.503. The van der Waals surface area contributed by atoms with Crippen LogP contribution in [0.25, 0.3) is 0 Å². The van der Waals surface area contributed by atoms with Gasteiger partial charge in [-0.05, 0) is 31.4 Å². The molecule has 1 aromatic rings. The zero-order valence-electron chi connectivity index (χ0n) is 12.5. The van der Waals surface area contributed by atoms with Crippen LogP contribution in [0.15, 0.2) is 18.2 Å². The van der Waals surface area contributed by atoms with Crippen molar-refractivity contribution in [2.75, 3.05) is 11.9 Å². The van der Waals surface area contributed by atoms with Crippen LogP contribution >= 0.6 is 0 Å². The molecule has 0 radical (unpaired) electrons. The highest BCUT2D eigenvalue weighted by molar-refractivity contribution is 5.95. The molecule has 0 heterocycles. The molecule has 1 saturated carbocycles. The first-order chi connectivity index (χ1) is 10.5. The summed E-state index contributed by atoms with van der Waals surface area (Å²) in [5.74, 6) is -0.420. The van der Waals surface area contributed by atoms with E-state index in [-0.39, 0.29) is 17.8 Å². The minimum atomic E-state index is -0.597. The summed E-state index contributed by atoms with van der Waals surface area (Å²) < 4.78 is 0. The van der Waals surface area contributed by atoms with Crippen LogP contribution in [-0.4, -0.2) is 34.6 Å². The molecule has 22 heavy (non-hydrogen) atoms. The van der Waals surface area contributed by atoms with E-state index in [9.17, 15) is 20.0 Å². The maximum absolute atomic E-state index is 12.0. The van der Waals surface area contributed by atoms with Crippen LogP contribution in [-0.2, 0) is 0 Å². The Kier molecular flexibility index (Phi) is 5.32. The van der Waals surface area contributed by atoms with Gasteiger partial charge in [-0.3, -0.25) is 14.9 Å². The van der Waals surface area contributed by atoms with Crippen molar-refractivity contribution in [2.24, 2.45) is 0 Å². The molecular formula is C15H21N3O4. The van der Waals surface area contributed by atoms with Crippen molar-refractivity contribution < 1.29 is 14.8 Å². The highest BCUT2D eigenvalue weighted by Crippen LogP contribution is 2.31. The normalized spacial score (nSPS) is 15.2. The maximum Gasteiger partial charge on any atom is 0.293 e. The van der Waals surface area contributed by atoms with Crippen molar-refractivity contribution in [3.8, 4) is 0 Å². The molecule has 3 N–H and O–H groups in total. The first kappa shape index (κ1) is 16.2. The van der Waals surface area contributed by atoms with Gasteiger partial charge in [0.1, 0.15) is 5.69 Å². The third-order valence-corrected chi connectivity index (χ3v) is 3.51. The average Bonchev–Trinajstić information content (AvgIpc) is 3.29. The standard InChI is InChI=1S/C15H21N3O4/c1-2-3-12(19)9-16-15(20)10-4-7-13(17-11-5-6-11)14(8-10)18(21)22/h4,7-8,11-12,17,19H,2-3,5-6,9H2,1H3,(H,16,20). The van der Waals surface area contributed by atoms with Gasteiger partial charge in [0.2, 0.25) is 0 Å². The number of anilines is 1. The largest absolute Gasteiger partial charge is 0.391 e. The Bertz CT molecular complexity index is 558. The number of aliphatic hydroxyl groups is 1. The Morgan fingerprint density at radius 2 is 2.23 bits per heavy atom. The molecule has 0 aliphatic heterocycles. The van der Waals surface area contributed by atoms with Gasteiger partial charge in [0.15, 0.2) is 0 Å². The topological polar surface area (TPSA) is 104 Å². The summed E-state index contributed by atoms with van der Waals surface area (Å²) in [5.41, 5.74) is 0.556. The molecule has 2 rings (SSSR count). The fourth-order valence-corrected chi connectivity index (χ4v) is 2.14. The number of nitrogens with zero attached hydrogens (tertiary/aromatic N) is 1. The number of rotatable bonds is 8. The first-order valence-corrected chi connectivity index (χ1v) is 7.52. The summed E-state index contributed by atoms with van der Waals surface area (Å²) in [6.07, 6.45) is 2.85. The number of benzene rings is 1. The molecule has 0 bridgehead atoms. The van der Waals surface area contributed by atoms with Gasteiger partial charge in [-0.2, -0.15) is 0 Å². The second-order valence-corrected chi connectivity index (χ2v) is 5.56. The lowest BCUT2D eigenvalue weighted by Gasteiger charge is -2.11. The van der Waals surface area contributed by atoms with Gasteiger partial charge < -0.3 is 15.7 Å². The van der Waals surface area contributed by atoms with Crippen LogP contribution in [0, 0.1) is 10.1 Å². The molecular weight excluding hydrogens is 286 g/mol. The molecule has 1 aliphatic carbocycles. The van der Waals surface area contributed by atoms with Crippen LogP contribution in [0.1, 0.15) is 43.0 Å². The third kappa shape index (κ3) is 4.42. The average molecular weight is 307 g/mol. The fraction of sp³-hybridized carbons (Fsp3) is 0.533. The minimum absolute atomic E-state index is 0.103. The van der Waals surface area contributed by atoms with Crippen LogP contribution < -0.4 is 10.6 Å². The van der Waals surface area contributed by atoms with E-state index >= 15 is 0 Å². The van der Waals surface area contributed by atoms with E-state index < -0.39 is 16.9 Å². The summed E-state index contributed by atoms with van der Waals surface area (Å²) >= 11 is 0. The number of carbonyl (C=O) groups excluding carboxylic acids is 1. The lowest BCUT2D eigenvalue weighted by atomic mass is 10.1. The molecule has 1 unspecified atom stereocenters. The van der Waals surface area contributed by atoms with Gasteiger partial charge in [0.25, 0.3) is 11.6 Å². The zero-order chi connectivity index (χ0) is 16.1. The molecule has 1 aliphatic rings. The summed E-state index contributed by atoms with van der Waals surface area (Å²) in [6, 6.07) is 4.68. The van der Waals surface area contributed by atoms with Crippen molar-refractivity contribution in [1.82, 2.24) is 5.32 Å². The Morgan fingerprint density at radius 3 is 2.82 bits per heavy atom. The zero-order valence-corrected chi connectivity index (χ0v) is 12.5. The molecule has 1 aromatic carbocycles. The summed E-state index contributed by atoms with van der Waals surface area (Å²) in [6.45, 7) is 2.09. The van der Waals surface area contributed by atoms with Crippen LogP contribution in [0.3, 0.4) is 0 Å². The second kappa shape index (κ2) is 7.22. The molecule has 7 heteroatoms. The Hall–Kier alpha value is -2.15. The SMILES string of the molecule is CCCC(O)CNC(=O)c1ccc(NC2CC2)c([N+](=O)[O-])c1. The number of nitro groups is 1. The fourth-order valence-electron chi connectivity index (χ4n) is 2.14. The van der Waals surface area contributed by atoms with E-state index in [1.165, 1.54) is 6.07 Å². The molecule has 120 valence electrons. The highest BCUT2D eigenvalue weighted by Gasteiger charge is 2.25. The van der Waals surface area contributed by atoms with Crippen molar-refractivity contribution in [3.63, 3.8) is 0 Å². The molecule has 0 spiro atoms. The van der Waals surface area contributed by atoms with Gasteiger partial charge in [0.05, 0.1) is 11.0 Å². The molecule has 1 amide bonds. The van der Waals surface area contributed by atoms with E-state index in [0.29, 0.717) is 18.2 Å². The van der Waals surface area contributed by atoms with E-state index in [4.69, 9.17) is 0 Å². The van der Waals surface area contributed by atoms with E-state index in [1.807, 2.05) is 6.92 Å². The van der Waals surface area contributed by atoms with Gasteiger partial charge in [-0.1, -0.05) is 13.3 Å². The molecule has 7 nitrogen and oxygen atoms in total. The summed E-state index contributed by atoms with van der Waals surface area (Å²) in [5, 5.41) is 26.4. The molecule has 1 atom stereocenters. The van der Waals surface area contributed by atoms with Crippen LogP contribution in [0.4, 0.5) is 11.4 Å². The van der Waals surface area contributed by atoms with Crippen LogP contribution in [0.5, 0.6) is 0 Å². The van der Waals surface area contributed by atoms with Crippen molar-refractivity contribution in [2.45, 2.75) is 44.8 Å². The minimum Gasteiger partial charge on any atom is -0.391 e. The second-order valence-electron chi connectivity index (χ2n) is 5.56. The van der Waals surface area contributed by atoms with Gasteiger partial charge >= 0.3 is 0 Å². The maximum atomic E-state index is 12.0. The third-order valence-electron chi connectivity index (χ3n) is 3.51. The summed E-state index contributed by atoms with van der Waals surface area (Å²) in [7, 11) is 0. The molecule has 1 fully saturated rings. The van der Waals surface area contributed by atoms with Gasteiger partial charge in [-0.25, -0.2) is 0 Å². The van der Waals surface area contributed by atoms with Crippen LogP contribution in [0.2, 0.25) is 0 Å². The predicted molar refractivity (Wildman–Crippen MR) is 83.0 cm³/mol. The number of carbonyl (C=O) groups is 1. The van der Waals surface area contributed by atoms with E-state index in [0.717, 1.165) is 19.3 Å². The Balaban J connectivity index is 2.05.